The molecule has 5 heterocycles. The molecule has 3 aliphatic rings. The van der Waals surface area contributed by atoms with E-state index in [9.17, 15) is 9.90 Å². The fourth-order valence-electron chi connectivity index (χ4n) is 7.00. The van der Waals surface area contributed by atoms with E-state index in [0.717, 1.165) is 54.6 Å². The highest BCUT2D eigenvalue weighted by atomic mass is 19.1. The molecule has 4 aromatic rings. The third-order valence-corrected chi connectivity index (χ3v) is 9.48. The Morgan fingerprint density at radius 2 is 1.83 bits per heavy atom. The number of nitrogens with zero attached hydrogens (tertiary/aromatic N) is 3. The molecule has 2 aromatic carbocycles. The standard InChI is InChI=1S/C39H48FN3O5/c1-24-19-29(40)34-28-13-10-12-27(22-28)30-23-43-32(41-30)21-25(2)33(35(37(44)45)48-38(4,5)6)36(43)42-16-14-39(7,15-17-42)46-18-9-8-11-26(3)47-31(34)20-24/h10,12-13,19-23,26,35H,8-9,11,14-18H2,1-7H3,(H,44,45)/t26-,35+/m1/s1. The Hall–Kier alpha value is -3.95. The molecule has 0 spiro atoms. The Morgan fingerprint density at radius 1 is 1.10 bits per heavy atom. The number of hydrogen-bond acceptors (Lipinski definition) is 6. The van der Waals surface area contributed by atoms with Gasteiger partial charge in [0.2, 0.25) is 0 Å². The third kappa shape index (κ3) is 7.08. The molecule has 1 saturated heterocycles. The molecule has 7 rings (SSSR count). The van der Waals surface area contributed by atoms with Crippen LogP contribution in [-0.2, 0) is 14.3 Å². The monoisotopic (exact) mass is 657 g/mol. The van der Waals surface area contributed by atoms with Crippen molar-refractivity contribution in [2.45, 2.75) is 104 Å². The van der Waals surface area contributed by atoms with Gasteiger partial charge in [0.1, 0.15) is 23.0 Å². The number of ether oxygens (including phenoxy) is 3. The number of carbonyl (C=O) groups is 1. The second-order valence-electron chi connectivity index (χ2n) is 14.8. The van der Waals surface area contributed by atoms with Gasteiger partial charge in [-0.2, -0.15) is 0 Å². The summed E-state index contributed by atoms with van der Waals surface area (Å²) in [6, 6.07) is 13.1. The van der Waals surface area contributed by atoms with E-state index in [0.29, 0.717) is 53.5 Å². The van der Waals surface area contributed by atoms with Gasteiger partial charge in [-0.15, -0.1) is 0 Å². The Kier molecular flexibility index (Phi) is 9.30. The number of fused-ring (bicyclic) bond motifs is 8. The zero-order valence-corrected chi connectivity index (χ0v) is 29.2. The summed E-state index contributed by atoms with van der Waals surface area (Å²) in [7, 11) is 0. The number of anilines is 1. The van der Waals surface area contributed by atoms with Crippen molar-refractivity contribution in [1.82, 2.24) is 9.38 Å². The van der Waals surface area contributed by atoms with Gasteiger partial charge in [0.25, 0.3) is 0 Å². The number of carboxylic acids is 1. The Morgan fingerprint density at radius 3 is 2.54 bits per heavy atom. The number of aromatic nitrogens is 2. The lowest BCUT2D eigenvalue weighted by Crippen LogP contribution is -2.45. The van der Waals surface area contributed by atoms with Gasteiger partial charge in [-0.1, -0.05) is 18.2 Å². The lowest BCUT2D eigenvalue weighted by molar-refractivity contribution is -0.160. The summed E-state index contributed by atoms with van der Waals surface area (Å²) in [6.45, 7) is 15.6. The fraction of sp³-hybridized carbons (Fsp3) is 0.487. The number of rotatable bonds is 3. The topological polar surface area (TPSA) is 85.5 Å². The molecule has 8 nitrogen and oxygen atoms in total. The maximum atomic E-state index is 15.7. The highest BCUT2D eigenvalue weighted by molar-refractivity contribution is 5.81. The maximum absolute atomic E-state index is 15.7. The number of aryl methyl sites for hydroxylation is 2. The molecule has 48 heavy (non-hydrogen) atoms. The number of carboxylic acid groups (broad SMARTS) is 1. The van der Waals surface area contributed by atoms with Crippen molar-refractivity contribution in [2.24, 2.45) is 0 Å². The molecule has 3 aliphatic heterocycles. The van der Waals surface area contributed by atoms with E-state index in [1.54, 1.807) is 6.07 Å². The van der Waals surface area contributed by atoms with Crippen molar-refractivity contribution in [3.8, 4) is 28.1 Å². The number of aliphatic carboxylic acids is 1. The van der Waals surface area contributed by atoms with Crippen molar-refractivity contribution in [3.05, 3.63) is 71.2 Å². The summed E-state index contributed by atoms with van der Waals surface area (Å²) in [4.78, 5) is 20.1. The average Bonchev–Trinajstić information content (AvgIpc) is 3.42. The number of imidazole rings is 1. The quantitative estimate of drug-likeness (QED) is 0.236. The van der Waals surface area contributed by atoms with E-state index in [2.05, 4.69) is 11.8 Å². The molecule has 0 aliphatic carbocycles. The molecule has 0 amide bonds. The van der Waals surface area contributed by atoms with Gasteiger partial charge < -0.3 is 24.2 Å². The van der Waals surface area contributed by atoms with Gasteiger partial charge in [0.05, 0.1) is 28.6 Å². The summed E-state index contributed by atoms with van der Waals surface area (Å²) < 4.78 is 36.9. The van der Waals surface area contributed by atoms with E-state index in [-0.39, 0.29) is 17.5 Å². The molecule has 0 saturated carbocycles. The van der Waals surface area contributed by atoms with E-state index in [1.807, 2.05) is 88.5 Å². The highest BCUT2D eigenvalue weighted by Crippen LogP contribution is 2.41. The normalized spacial score (nSPS) is 21.2. The summed E-state index contributed by atoms with van der Waals surface area (Å²) in [5.41, 5.74) is 4.56. The van der Waals surface area contributed by atoms with E-state index >= 15 is 4.39 Å². The van der Waals surface area contributed by atoms with Gasteiger partial charge in [-0.3, -0.25) is 4.40 Å². The van der Waals surface area contributed by atoms with Crippen molar-refractivity contribution < 1.29 is 28.5 Å². The molecule has 2 aromatic heterocycles. The van der Waals surface area contributed by atoms with E-state index in [4.69, 9.17) is 19.2 Å². The van der Waals surface area contributed by atoms with Gasteiger partial charge in [0, 0.05) is 37.0 Å². The van der Waals surface area contributed by atoms with Crippen molar-refractivity contribution in [3.63, 3.8) is 0 Å². The van der Waals surface area contributed by atoms with E-state index < -0.39 is 17.7 Å². The van der Waals surface area contributed by atoms with Crippen LogP contribution in [0.3, 0.4) is 0 Å². The first-order valence-corrected chi connectivity index (χ1v) is 17.1. The zero-order chi connectivity index (χ0) is 34.4. The SMILES string of the molecule is Cc1cc(F)c2c(c1)O[C@H](C)CCCCOC1(C)CCN(CC1)c1c([C@H](OC(C)(C)C)C(=O)O)c(C)cc3nc(cn13)-c1cccc-2c1. The largest absolute Gasteiger partial charge is 0.490 e. The molecule has 0 unspecified atom stereocenters. The van der Waals surface area contributed by atoms with Gasteiger partial charge in [-0.05, 0) is 122 Å². The smallest absolute Gasteiger partial charge is 0.337 e. The minimum Gasteiger partial charge on any atom is -0.490 e. The zero-order valence-electron chi connectivity index (χ0n) is 29.2. The molecule has 1 fully saturated rings. The second-order valence-corrected chi connectivity index (χ2v) is 14.8. The number of benzene rings is 2. The van der Waals surface area contributed by atoms with Gasteiger partial charge in [-0.25, -0.2) is 14.2 Å². The number of piperidine rings is 1. The summed E-state index contributed by atoms with van der Waals surface area (Å²) >= 11 is 0. The Labute approximate surface area is 282 Å². The first kappa shape index (κ1) is 33.9. The fourth-order valence-corrected chi connectivity index (χ4v) is 7.00. The summed E-state index contributed by atoms with van der Waals surface area (Å²) in [5, 5.41) is 10.5. The van der Waals surface area contributed by atoms with Crippen LogP contribution in [0.15, 0.2) is 48.7 Å². The van der Waals surface area contributed by atoms with Crippen LogP contribution in [0.25, 0.3) is 28.0 Å². The lowest BCUT2D eigenvalue weighted by atomic mass is 9.92. The molecule has 256 valence electrons. The van der Waals surface area contributed by atoms with Crippen LogP contribution >= 0.6 is 0 Å². The number of hydrogen-bond donors (Lipinski definition) is 1. The van der Waals surface area contributed by atoms with Crippen molar-refractivity contribution in [2.75, 3.05) is 24.6 Å². The molecule has 0 radical (unpaired) electrons. The van der Waals surface area contributed by atoms with Crippen LogP contribution < -0.4 is 9.64 Å². The third-order valence-electron chi connectivity index (χ3n) is 9.48. The Balaban J connectivity index is 1.55. The maximum Gasteiger partial charge on any atom is 0.337 e. The van der Waals surface area contributed by atoms with Crippen LogP contribution in [-0.4, -0.2) is 57.5 Å². The highest BCUT2D eigenvalue weighted by Gasteiger charge is 2.37. The van der Waals surface area contributed by atoms with E-state index in [1.165, 1.54) is 0 Å². The van der Waals surface area contributed by atoms with Gasteiger partial charge >= 0.3 is 5.97 Å². The predicted molar refractivity (Wildman–Crippen MR) is 186 cm³/mol. The van der Waals surface area contributed by atoms with Crippen LogP contribution in [0.5, 0.6) is 5.75 Å². The summed E-state index contributed by atoms with van der Waals surface area (Å²) in [6.07, 6.45) is 4.93. The Bertz CT molecular complexity index is 1820. The second kappa shape index (κ2) is 13.2. The van der Waals surface area contributed by atoms with Gasteiger partial charge in [0.15, 0.2) is 6.10 Å². The first-order valence-electron chi connectivity index (χ1n) is 17.1. The first-order chi connectivity index (χ1) is 22.7. The number of pyridine rings is 1. The summed E-state index contributed by atoms with van der Waals surface area (Å²) in [5.74, 6) is -0.0855. The van der Waals surface area contributed by atoms with Crippen LogP contribution in [0.4, 0.5) is 10.2 Å². The van der Waals surface area contributed by atoms with Crippen LogP contribution in [0.2, 0.25) is 0 Å². The molecular weight excluding hydrogens is 609 g/mol. The molecular formula is C39H48FN3O5. The van der Waals surface area contributed by atoms with Crippen molar-refractivity contribution >= 4 is 17.4 Å². The minimum atomic E-state index is -1.18. The molecule has 1 N–H and O–H groups in total. The predicted octanol–water partition coefficient (Wildman–Crippen LogP) is 8.69. The molecule has 9 heteroatoms. The minimum absolute atomic E-state index is 0.0938. The number of halogens is 1. The average molecular weight is 658 g/mol. The van der Waals surface area contributed by atoms with Crippen LogP contribution in [0.1, 0.15) is 89.5 Å². The molecule has 2 atom stereocenters. The lowest BCUT2D eigenvalue weighted by Gasteiger charge is -2.41. The van der Waals surface area contributed by atoms with Crippen LogP contribution in [0, 0.1) is 19.7 Å². The van der Waals surface area contributed by atoms with Crippen molar-refractivity contribution in [1.29, 1.82) is 0 Å². The molecule has 6 bridgehead atoms.